The van der Waals surface area contributed by atoms with Crippen LogP contribution in [0.3, 0.4) is 0 Å². The molecule has 7 nitrogen and oxygen atoms in total. The highest BCUT2D eigenvalue weighted by Gasteiger charge is 2.14. The second-order valence-electron chi connectivity index (χ2n) is 6.09. The third kappa shape index (κ3) is 4.78. The largest absolute Gasteiger partial charge is 0.490 e. The molecule has 0 fully saturated rings. The molecule has 0 saturated carbocycles. The molecular formula is C19H21FN4O3S. The maximum Gasteiger partial charge on any atom is 0.306 e. The van der Waals surface area contributed by atoms with Crippen LogP contribution in [0.2, 0.25) is 0 Å². The minimum Gasteiger partial charge on any atom is -0.490 e. The summed E-state index contributed by atoms with van der Waals surface area (Å²) in [6.07, 6.45) is 2.65. The molecule has 0 N–H and O–H groups in total. The lowest BCUT2D eigenvalue weighted by Gasteiger charge is -2.10. The van der Waals surface area contributed by atoms with Crippen LogP contribution in [-0.2, 0) is 16.0 Å². The van der Waals surface area contributed by atoms with E-state index in [0.29, 0.717) is 23.1 Å². The first-order valence-corrected chi connectivity index (χ1v) is 10.0. The van der Waals surface area contributed by atoms with Crippen LogP contribution < -0.4 is 4.74 Å². The van der Waals surface area contributed by atoms with E-state index in [4.69, 9.17) is 9.47 Å². The first-order valence-electron chi connectivity index (χ1n) is 8.78. The predicted molar refractivity (Wildman–Crippen MR) is 103 cm³/mol. The Bertz CT molecular complexity index is 975. The quantitative estimate of drug-likeness (QED) is 0.324. The maximum atomic E-state index is 12.8. The molecule has 9 heteroatoms. The van der Waals surface area contributed by atoms with Gasteiger partial charge in [0, 0.05) is 17.8 Å². The molecule has 0 bridgehead atoms. The van der Waals surface area contributed by atoms with Crippen molar-refractivity contribution in [2.45, 2.75) is 31.8 Å². The van der Waals surface area contributed by atoms with Gasteiger partial charge in [-0.25, -0.2) is 13.9 Å². The Morgan fingerprint density at radius 2 is 1.93 bits per heavy atom. The highest BCUT2D eigenvalue weighted by molar-refractivity contribution is 7.98. The van der Waals surface area contributed by atoms with E-state index in [-0.39, 0.29) is 31.4 Å². The van der Waals surface area contributed by atoms with E-state index >= 15 is 0 Å². The van der Waals surface area contributed by atoms with Gasteiger partial charge in [0.25, 0.3) is 5.78 Å². The smallest absolute Gasteiger partial charge is 0.306 e. The number of halogens is 1. The minimum atomic E-state index is -0.326. The number of thioether (sulfide) groups is 1. The van der Waals surface area contributed by atoms with Gasteiger partial charge in [-0.15, -0.1) is 5.10 Å². The number of esters is 1. The molecule has 1 aromatic carbocycles. The lowest BCUT2D eigenvalue weighted by molar-refractivity contribution is -0.144. The SMILES string of the molecule is CSc1nc2nc(C)c(CCC(=O)OCCOc3ccc(F)cc3)c(C)n2n1. The number of nitrogens with zero attached hydrogens (tertiary/aromatic N) is 4. The molecule has 0 saturated heterocycles. The molecule has 0 amide bonds. The molecule has 0 spiro atoms. The van der Waals surface area contributed by atoms with Crippen molar-refractivity contribution in [3.63, 3.8) is 0 Å². The monoisotopic (exact) mass is 404 g/mol. The Hall–Kier alpha value is -2.68. The van der Waals surface area contributed by atoms with Crippen LogP contribution in [0, 0.1) is 19.7 Å². The summed E-state index contributed by atoms with van der Waals surface area (Å²) >= 11 is 1.46. The fraction of sp³-hybridized carbons (Fsp3) is 0.368. The van der Waals surface area contributed by atoms with Crippen LogP contribution in [0.1, 0.15) is 23.4 Å². The third-order valence-corrected chi connectivity index (χ3v) is 4.76. The zero-order chi connectivity index (χ0) is 20.1. The summed E-state index contributed by atoms with van der Waals surface area (Å²) in [6, 6.07) is 5.68. The van der Waals surface area contributed by atoms with Crippen molar-refractivity contribution in [2.24, 2.45) is 0 Å². The van der Waals surface area contributed by atoms with Gasteiger partial charge in [0.05, 0.1) is 0 Å². The van der Waals surface area contributed by atoms with Crippen molar-refractivity contribution in [3.8, 4) is 5.75 Å². The van der Waals surface area contributed by atoms with E-state index in [1.54, 1.807) is 4.52 Å². The number of aryl methyl sites for hydroxylation is 2. The van der Waals surface area contributed by atoms with Crippen LogP contribution in [0.5, 0.6) is 5.75 Å². The van der Waals surface area contributed by atoms with Crippen LogP contribution in [0.25, 0.3) is 5.78 Å². The number of fused-ring (bicyclic) bond motifs is 1. The van der Waals surface area contributed by atoms with E-state index in [1.807, 2.05) is 20.1 Å². The normalized spacial score (nSPS) is 11.0. The van der Waals surface area contributed by atoms with Gasteiger partial charge in [0.2, 0.25) is 5.16 Å². The average molecular weight is 404 g/mol. The molecule has 0 aliphatic heterocycles. The zero-order valence-corrected chi connectivity index (χ0v) is 16.8. The van der Waals surface area contributed by atoms with Crippen molar-refractivity contribution in [2.75, 3.05) is 19.5 Å². The molecule has 0 radical (unpaired) electrons. The second kappa shape index (κ2) is 9.01. The number of carbonyl (C=O) groups excluding carboxylic acids is 1. The highest BCUT2D eigenvalue weighted by atomic mass is 32.2. The molecule has 0 aliphatic rings. The van der Waals surface area contributed by atoms with E-state index in [9.17, 15) is 9.18 Å². The van der Waals surface area contributed by atoms with Crippen LogP contribution in [0.4, 0.5) is 4.39 Å². The number of carbonyl (C=O) groups is 1. The number of hydrogen-bond donors (Lipinski definition) is 0. The van der Waals surface area contributed by atoms with Gasteiger partial charge in [-0.2, -0.15) is 4.98 Å². The summed E-state index contributed by atoms with van der Waals surface area (Å²) < 4.78 is 25.1. The number of aromatic nitrogens is 4. The summed E-state index contributed by atoms with van der Waals surface area (Å²) in [5.41, 5.74) is 2.71. The third-order valence-electron chi connectivity index (χ3n) is 4.22. The van der Waals surface area contributed by atoms with E-state index in [1.165, 1.54) is 36.0 Å². The standard InChI is InChI=1S/C19H21FN4O3S/c1-12-16(13(2)24-18(21-12)22-19(23-24)28-3)8-9-17(25)27-11-10-26-15-6-4-14(20)5-7-15/h4-7H,8-11H2,1-3H3. The molecular weight excluding hydrogens is 383 g/mol. The topological polar surface area (TPSA) is 78.6 Å². The number of hydrogen-bond acceptors (Lipinski definition) is 7. The van der Waals surface area contributed by atoms with Gasteiger partial charge in [0.15, 0.2) is 0 Å². The summed E-state index contributed by atoms with van der Waals surface area (Å²) in [5, 5.41) is 5.06. The van der Waals surface area contributed by atoms with Gasteiger partial charge in [-0.1, -0.05) is 11.8 Å². The molecule has 148 valence electrons. The molecule has 0 atom stereocenters. The van der Waals surface area contributed by atoms with Gasteiger partial charge < -0.3 is 9.47 Å². The summed E-state index contributed by atoms with van der Waals surface area (Å²) in [7, 11) is 0. The van der Waals surface area contributed by atoms with Crippen molar-refractivity contribution in [3.05, 3.63) is 47.0 Å². The lowest BCUT2D eigenvalue weighted by atomic mass is 10.1. The molecule has 28 heavy (non-hydrogen) atoms. The Kier molecular flexibility index (Phi) is 6.45. The lowest BCUT2D eigenvalue weighted by Crippen LogP contribution is -2.14. The summed E-state index contributed by atoms with van der Waals surface area (Å²) in [4.78, 5) is 20.8. The Balaban J connectivity index is 1.50. The van der Waals surface area contributed by atoms with Crippen molar-refractivity contribution in [1.82, 2.24) is 19.6 Å². The van der Waals surface area contributed by atoms with Gasteiger partial charge in [-0.3, -0.25) is 4.79 Å². The fourth-order valence-electron chi connectivity index (χ4n) is 2.78. The molecule has 0 unspecified atom stereocenters. The van der Waals surface area contributed by atoms with Gasteiger partial charge in [-0.05, 0) is 56.4 Å². The molecule has 3 aromatic rings. The fourth-order valence-corrected chi connectivity index (χ4v) is 3.12. The van der Waals surface area contributed by atoms with Crippen molar-refractivity contribution in [1.29, 1.82) is 0 Å². The van der Waals surface area contributed by atoms with Crippen molar-refractivity contribution >= 4 is 23.5 Å². The minimum absolute atomic E-state index is 0.131. The average Bonchev–Trinajstić information content (AvgIpc) is 3.10. The van der Waals surface area contributed by atoms with E-state index in [0.717, 1.165) is 17.0 Å². The van der Waals surface area contributed by atoms with Gasteiger partial charge in [0.1, 0.15) is 24.8 Å². The Labute approximate surface area is 166 Å². The van der Waals surface area contributed by atoms with E-state index in [2.05, 4.69) is 15.1 Å². The first-order chi connectivity index (χ1) is 13.5. The van der Waals surface area contributed by atoms with Gasteiger partial charge >= 0.3 is 5.97 Å². The van der Waals surface area contributed by atoms with E-state index < -0.39 is 0 Å². The van der Waals surface area contributed by atoms with Crippen LogP contribution in [0.15, 0.2) is 29.4 Å². The molecule has 0 aliphatic carbocycles. The van der Waals surface area contributed by atoms with Crippen LogP contribution in [-0.4, -0.2) is 45.0 Å². The number of rotatable bonds is 8. The summed E-state index contributed by atoms with van der Waals surface area (Å²) in [6.45, 7) is 4.18. The summed E-state index contributed by atoms with van der Waals surface area (Å²) in [5.74, 6) is 0.446. The van der Waals surface area contributed by atoms with Crippen molar-refractivity contribution < 1.29 is 18.7 Å². The Morgan fingerprint density at radius 3 is 2.64 bits per heavy atom. The highest BCUT2D eigenvalue weighted by Crippen LogP contribution is 2.18. The second-order valence-corrected chi connectivity index (χ2v) is 6.87. The van der Waals surface area contributed by atoms with Crippen LogP contribution >= 0.6 is 11.8 Å². The first kappa shape index (κ1) is 20.1. The number of benzene rings is 1. The number of ether oxygens (including phenoxy) is 2. The molecule has 2 aromatic heterocycles. The zero-order valence-electron chi connectivity index (χ0n) is 15.9. The Morgan fingerprint density at radius 1 is 1.18 bits per heavy atom. The predicted octanol–water partition coefficient (Wildman–Crippen LogP) is 3.16. The maximum absolute atomic E-state index is 12.8. The molecule has 2 heterocycles. The molecule has 3 rings (SSSR count).